The standard InChI is InChI=1S/C19H30N4O/c1-2-18(16-7-10-20-11-8-16)22-19(24)21-17-9-12-23(14-17)13-15-5-3-4-6-15/h7-8,10-11,15,17-18H,2-6,9,12-14H2,1H3,(H2,21,22,24). The van der Waals surface area contributed by atoms with Crippen molar-refractivity contribution >= 4 is 6.03 Å². The molecule has 2 fully saturated rings. The van der Waals surface area contributed by atoms with Gasteiger partial charge in [0.1, 0.15) is 0 Å². The van der Waals surface area contributed by atoms with Crippen LogP contribution in [0.25, 0.3) is 0 Å². The highest BCUT2D eigenvalue weighted by Crippen LogP contribution is 2.26. The smallest absolute Gasteiger partial charge is 0.315 e. The zero-order chi connectivity index (χ0) is 16.8. The average molecular weight is 330 g/mol. The van der Waals surface area contributed by atoms with Gasteiger partial charge in [-0.25, -0.2) is 4.79 Å². The third kappa shape index (κ3) is 4.69. The predicted molar refractivity (Wildman–Crippen MR) is 95.7 cm³/mol. The van der Waals surface area contributed by atoms with Gasteiger partial charge in [0, 0.05) is 38.1 Å². The second-order valence-corrected chi connectivity index (χ2v) is 7.25. The van der Waals surface area contributed by atoms with Gasteiger partial charge < -0.3 is 15.5 Å². The fourth-order valence-corrected chi connectivity index (χ4v) is 4.08. The van der Waals surface area contributed by atoms with Crippen LogP contribution in [-0.2, 0) is 0 Å². The van der Waals surface area contributed by atoms with Crippen LogP contribution in [0.4, 0.5) is 4.79 Å². The molecule has 3 rings (SSSR count). The lowest BCUT2D eigenvalue weighted by atomic mass is 10.1. The van der Waals surface area contributed by atoms with E-state index >= 15 is 0 Å². The molecule has 1 aromatic rings. The summed E-state index contributed by atoms with van der Waals surface area (Å²) in [6, 6.07) is 4.21. The van der Waals surface area contributed by atoms with Crippen molar-refractivity contribution in [1.82, 2.24) is 20.5 Å². The second-order valence-electron chi connectivity index (χ2n) is 7.25. The Morgan fingerprint density at radius 1 is 1.29 bits per heavy atom. The molecular formula is C19H30N4O. The zero-order valence-electron chi connectivity index (χ0n) is 14.7. The van der Waals surface area contributed by atoms with E-state index in [9.17, 15) is 4.79 Å². The molecular weight excluding hydrogens is 300 g/mol. The van der Waals surface area contributed by atoms with Crippen LogP contribution in [0, 0.1) is 5.92 Å². The number of likely N-dealkylation sites (tertiary alicyclic amines) is 1. The number of carbonyl (C=O) groups is 1. The molecule has 0 aromatic carbocycles. The van der Waals surface area contributed by atoms with Crippen molar-refractivity contribution in [2.75, 3.05) is 19.6 Å². The number of carbonyl (C=O) groups excluding carboxylic acids is 1. The lowest BCUT2D eigenvalue weighted by molar-refractivity contribution is 0.230. The van der Waals surface area contributed by atoms with Crippen LogP contribution in [0.5, 0.6) is 0 Å². The number of amides is 2. The predicted octanol–water partition coefficient (Wildman–Crippen LogP) is 3.10. The van der Waals surface area contributed by atoms with Crippen molar-refractivity contribution in [3.63, 3.8) is 0 Å². The Labute approximate surface area is 145 Å². The molecule has 2 aliphatic rings. The van der Waals surface area contributed by atoms with Gasteiger partial charge in [0.2, 0.25) is 0 Å². The van der Waals surface area contributed by atoms with E-state index in [0.717, 1.165) is 37.4 Å². The summed E-state index contributed by atoms with van der Waals surface area (Å²) in [7, 11) is 0. The maximum Gasteiger partial charge on any atom is 0.315 e. The van der Waals surface area contributed by atoms with Gasteiger partial charge >= 0.3 is 6.03 Å². The largest absolute Gasteiger partial charge is 0.334 e. The van der Waals surface area contributed by atoms with Gasteiger partial charge in [-0.3, -0.25) is 4.98 Å². The molecule has 2 N–H and O–H groups in total. The van der Waals surface area contributed by atoms with E-state index in [0.29, 0.717) is 0 Å². The topological polar surface area (TPSA) is 57.3 Å². The first kappa shape index (κ1) is 17.2. The molecule has 0 spiro atoms. The van der Waals surface area contributed by atoms with Crippen LogP contribution in [-0.4, -0.2) is 41.6 Å². The molecule has 24 heavy (non-hydrogen) atoms. The van der Waals surface area contributed by atoms with E-state index in [4.69, 9.17) is 0 Å². The third-order valence-electron chi connectivity index (χ3n) is 5.42. The third-order valence-corrected chi connectivity index (χ3v) is 5.42. The van der Waals surface area contributed by atoms with Crippen molar-refractivity contribution in [3.05, 3.63) is 30.1 Å². The summed E-state index contributed by atoms with van der Waals surface area (Å²) in [5, 5.41) is 6.26. The Morgan fingerprint density at radius 2 is 2.04 bits per heavy atom. The quantitative estimate of drug-likeness (QED) is 0.843. The highest BCUT2D eigenvalue weighted by molar-refractivity contribution is 5.74. The normalized spacial score (nSPS) is 23.3. The molecule has 0 bridgehead atoms. The van der Waals surface area contributed by atoms with Crippen molar-refractivity contribution in [2.45, 2.75) is 57.5 Å². The van der Waals surface area contributed by atoms with Crippen LogP contribution >= 0.6 is 0 Å². The number of urea groups is 1. The molecule has 2 amide bonds. The molecule has 1 saturated heterocycles. The summed E-state index contributed by atoms with van der Waals surface area (Å²) in [4.78, 5) is 18.9. The highest BCUT2D eigenvalue weighted by atomic mass is 16.2. The van der Waals surface area contributed by atoms with Crippen molar-refractivity contribution in [1.29, 1.82) is 0 Å². The molecule has 2 unspecified atom stereocenters. The minimum Gasteiger partial charge on any atom is -0.334 e. The Bertz CT molecular complexity index is 515. The fraction of sp³-hybridized carbons (Fsp3) is 0.684. The van der Waals surface area contributed by atoms with E-state index in [1.54, 1.807) is 12.4 Å². The zero-order valence-corrected chi connectivity index (χ0v) is 14.7. The van der Waals surface area contributed by atoms with Gasteiger partial charge in [-0.2, -0.15) is 0 Å². The summed E-state index contributed by atoms with van der Waals surface area (Å²) < 4.78 is 0. The molecule has 1 aliphatic heterocycles. The molecule has 1 aliphatic carbocycles. The van der Waals surface area contributed by atoms with Crippen LogP contribution in [0.2, 0.25) is 0 Å². The highest BCUT2D eigenvalue weighted by Gasteiger charge is 2.27. The summed E-state index contributed by atoms with van der Waals surface area (Å²) >= 11 is 0. The van der Waals surface area contributed by atoms with Gasteiger partial charge in [-0.15, -0.1) is 0 Å². The van der Waals surface area contributed by atoms with Crippen molar-refractivity contribution in [3.8, 4) is 0 Å². The van der Waals surface area contributed by atoms with Gasteiger partial charge in [0.05, 0.1) is 6.04 Å². The SMILES string of the molecule is CCC(NC(=O)NC1CCN(CC2CCCC2)C1)c1ccncc1. The van der Waals surface area contributed by atoms with Gasteiger partial charge in [-0.05, 0) is 49.3 Å². The van der Waals surface area contributed by atoms with Crippen LogP contribution in [0.3, 0.4) is 0 Å². The first-order valence-corrected chi connectivity index (χ1v) is 9.44. The molecule has 2 atom stereocenters. The molecule has 0 radical (unpaired) electrons. The van der Waals surface area contributed by atoms with Crippen LogP contribution in [0.1, 0.15) is 57.1 Å². The molecule has 132 valence electrons. The van der Waals surface area contributed by atoms with Crippen LogP contribution in [0.15, 0.2) is 24.5 Å². The Balaban J connectivity index is 1.43. The minimum absolute atomic E-state index is 0.0454. The van der Waals surface area contributed by atoms with Gasteiger partial charge in [-0.1, -0.05) is 19.8 Å². The molecule has 1 saturated carbocycles. The molecule has 5 heteroatoms. The van der Waals surface area contributed by atoms with Crippen LogP contribution < -0.4 is 10.6 Å². The van der Waals surface area contributed by atoms with Gasteiger partial charge in [0.25, 0.3) is 0 Å². The monoisotopic (exact) mass is 330 g/mol. The van der Waals surface area contributed by atoms with E-state index in [1.165, 1.54) is 32.2 Å². The second kappa shape index (κ2) is 8.47. The summed E-state index contributed by atoms with van der Waals surface area (Å²) in [5.41, 5.74) is 1.11. The number of pyridine rings is 1. The first-order valence-electron chi connectivity index (χ1n) is 9.44. The summed E-state index contributed by atoms with van der Waals surface area (Å²) in [6.07, 6.45) is 11.1. The Kier molecular flexibility index (Phi) is 6.07. The lowest BCUT2D eigenvalue weighted by Gasteiger charge is -2.22. The minimum atomic E-state index is -0.0496. The number of nitrogens with one attached hydrogen (secondary N) is 2. The Hall–Kier alpha value is -1.62. The van der Waals surface area contributed by atoms with E-state index in [-0.39, 0.29) is 18.1 Å². The van der Waals surface area contributed by atoms with E-state index in [2.05, 4.69) is 27.4 Å². The van der Waals surface area contributed by atoms with Crippen molar-refractivity contribution < 1.29 is 4.79 Å². The van der Waals surface area contributed by atoms with E-state index < -0.39 is 0 Å². The Morgan fingerprint density at radius 3 is 2.75 bits per heavy atom. The van der Waals surface area contributed by atoms with Gasteiger partial charge in [0.15, 0.2) is 0 Å². The number of aromatic nitrogens is 1. The van der Waals surface area contributed by atoms with Crippen molar-refractivity contribution in [2.24, 2.45) is 5.92 Å². The number of hydrogen-bond donors (Lipinski definition) is 2. The summed E-state index contributed by atoms with van der Waals surface area (Å²) in [6.45, 7) is 5.41. The maximum absolute atomic E-state index is 12.3. The maximum atomic E-state index is 12.3. The number of hydrogen-bond acceptors (Lipinski definition) is 3. The molecule has 2 heterocycles. The number of nitrogens with zero attached hydrogens (tertiary/aromatic N) is 2. The lowest BCUT2D eigenvalue weighted by Crippen LogP contribution is -2.44. The average Bonchev–Trinajstić information content (AvgIpc) is 3.26. The molecule has 5 nitrogen and oxygen atoms in total. The number of rotatable bonds is 6. The fourth-order valence-electron chi connectivity index (χ4n) is 4.08. The summed E-state index contributed by atoms with van der Waals surface area (Å²) in [5.74, 6) is 0.883. The van der Waals surface area contributed by atoms with E-state index in [1.807, 2.05) is 12.1 Å². The first-order chi connectivity index (χ1) is 11.7. The molecule has 1 aromatic heterocycles.